The number of carbonyl (C=O) groups excluding carboxylic acids is 1. The van der Waals surface area contributed by atoms with Crippen molar-refractivity contribution in [3.63, 3.8) is 0 Å². The topological polar surface area (TPSA) is 52.3 Å². The highest BCUT2D eigenvalue weighted by atomic mass is 19.1. The fraction of sp³-hybridized carbons (Fsp3) is 0.375. The zero-order chi connectivity index (χ0) is 15.1. The molecule has 1 aromatic heterocycles. The largest absolute Gasteiger partial charge is 0.488 e. The van der Waals surface area contributed by atoms with Crippen LogP contribution in [0.4, 0.5) is 4.39 Å². The summed E-state index contributed by atoms with van der Waals surface area (Å²) in [6.45, 7) is 5.74. The molecule has 0 saturated heterocycles. The molecule has 1 aliphatic carbocycles. The molecule has 3 rings (SSSR count). The monoisotopic (exact) mass is 289 g/mol. The molecule has 0 bridgehead atoms. The number of ether oxygens (including phenoxy) is 1. The Labute approximate surface area is 121 Å². The molecule has 21 heavy (non-hydrogen) atoms. The summed E-state index contributed by atoms with van der Waals surface area (Å²) in [7, 11) is 0. The maximum Gasteiger partial charge on any atom is 0.167 e. The van der Waals surface area contributed by atoms with Crippen molar-refractivity contribution in [2.24, 2.45) is 0 Å². The van der Waals surface area contributed by atoms with Crippen molar-refractivity contribution in [1.82, 2.24) is 5.16 Å². The van der Waals surface area contributed by atoms with E-state index < -0.39 is 0 Å². The number of nitrogens with zero attached hydrogens (tertiary/aromatic N) is 1. The molecule has 1 atom stereocenters. The molecule has 0 saturated carbocycles. The summed E-state index contributed by atoms with van der Waals surface area (Å²) in [5.74, 6) is 0.612. The number of hydrogen-bond donors (Lipinski definition) is 0. The number of aromatic nitrogens is 1. The SMILES string of the molecule is Cc1noc(C)c1COc1ccc(F)c2c1C(=O)C[C@@H]2C. The lowest BCUT2D eigenvalue weighted by molar-refractivity contribution is 0.0986. The summed E-state index contributed by atoms with van der Waals surface area (Å²) in [5.41, 5.74) is 2.46. The zero-order valence-electron chi connectivity index (χ0n) is 12.2. The van der Waals surface area contributed by atoms with Gasteiger partial charge >= 0.3 is 0 Å². The van der Waals surface area contributed by atoms with Crippen LogP contribution in [0.5, 0.6) is 5.75 Å². The molecule has 0 aliphatic heterocycles. The molecule has 4 nitrogen and oxygen atoms in total. The van der Waals surface area contributed by atoms with Crippen LogP contribution in [-0.4, -0.2) is 10.9 Å². The quantitative estimate of drug-likeness (QED) is 0.864. The van der Waals surface area contributed by atoms with E-state index in [9.17, 15) is 9.18 Å². The number of hydrogen-bond acceptors (Lipinski definition) is 4. The van der Waals surface area contributed by atoms with E-state index >= 15 is 0 Å². The molecule has 5 heteroatoms. The predicted octanol–water partition coefficient (Wildman–Crippen LogP) is 3.70. The maximum absolute atomic E-state index is 13.9. The van der Waals surface area contributed by atoms with Gasteiger partial charge in [-0.15, -0.1) is 0 Å². The zero-order valence-corrected chi connectivity index (χ0v) is 12.2. The van der Waals surface area contributed by atoms with Crippen LogP contribution < -0.4 is 4.74 Å². The molecule has 110 valence electrons. The van der Waals surface area contributed by atoms with Crippen molar-refractivity contribution in [2.75, 3.05) is 0 Å². The Morgan fingerprint density at radius 1 is 1.43 bits per heavy atom. The predicted molar refractivity (Wildman–Crippen MR) is 74.1 cm³/mol. The second-order valence-electron chi connectivity index (χ2n) is 5.45. The molecule has 1 heterocycles. The number of Topliss-reactive ketones (excluding diaryl/α,β-unsaturated/α-hetero) is 1. The average molecular weight is 289 g/mol. The third-order valence-corrected chi connectivity index (χ3v) is 3.97. The van der Waals surface area contributed by atoms with Gasteiger partial charge < -0.3 is 9.26 Å². The number of ketones is 1. The maximum atomic E-state index is 13.9. The lowest BCUT2D eigenvalue weighted by Gasteiger charge is -2.11. The third kappa shape index (κ3) is 2.22. The van der Waals surface area contributed by atoms with Crippen molar-refractivity contribution in [3.8, 4) is 5.75 Å². The highest BCUT2D eigenvalue weighted by Crippen LogP contribution is 2.40. The standard InChI is InChI=1S/C16H16FNO3/c1-8-6-13(19)16-14(5-4-12(17)15(8)16)20-7-11-9(2)18-21-10(11)3/h4-5,8H,6-7H2,1-3H3/t8-/m0/s1. The lowest BCUT2D eigenvalue weighted by atomic mass is 10.0. The fourth-order valence-electron chi connectivity index (χ4n) is 2.80. The van der Waals surface area contributed by atoms with Gasteiger partial charge in [0.2, 0.25) is 0 Å². The summed E-state index contributed by atoms with van der Waals surface area (Å²) in [5, 5.41) is 3.86. The summed E-state index contributed by atoms with van der Waals surface area (Å²) in [6, 6.07) is 2.87. The number of rotatable bonds is 3. The number of halogens is 1. The van der Waals surface area contributed by atoms with Gasteiger partial charge in [0.05, 0.1) is 16.8 Å². The van der Waals surface area contributed by atoms with E-state index in [1.807, 2.05) is 13.8 Å². The molecule has 2 aromatic rings. The average Bonchev–Trinajstić information content (AvgIpc) is 2.91. The highest BCUT2D eigenvalue weighted by molar-refractivity contribution is 6.03. The van der Waals surface area contributed by atoms with Gasteiger partial charge in [-0.25, -0.2) is 4.39 Å². The second kappa shape index (κ2) is 4.98. The Hall–Kier alpha value is -2.17. The molecule has 1 aliphatic rings. The van der Waals surface area contributed by atoms with Crippen molar-refractivity contribution in [3.05, 3.63) is 46.1 Å². The molecule has 0 amide bonds. The molecular weight excluding hydrogens is 273 g/mol. The van der Waals surface area contributed by atoms with Gasteiger partial charge in [0, 0.05) is 12.0 Å². The Bertz CT molecular complexity index is 701. The molecule has 1 aromatic carbocycles. The molecule has 0 radical (unpaired) electrons. The van der Waals surface area contributed by atoms with E-state index in [2.05, 4.69) is 5.16 Å². The lowest BCUT2D eigenvalue weighted by Crippen LogP contribution is -2.03. The van der Waals surface area contributed by atoms with Gasteiger partial charge in [0.15, 0.2) is 5.78 Å². The third-order valence-electron chi connectivity index (χ3n) is 3.97. The summed E-state index contributed by atoms with van der Waals surface area (Å²) in [6.07, 6.45) is 0.331. The van der Waals surface area contributed by atoms with E-state index in [0.29, 0.717) is 29.1 Å². The van der Waals surface area contributed by atoms with E-state index in [1.54, 1.807) is 6.92 Å². The summed E-state index contributed by atoms with van der Waals surface area (Å²) < 4.78 is 24.7. The van der Waals surface area contributed by atoms with Crippen LogP contribution in [0.15, 0.2) is 16.7 Å². The van der Waals surface area contributed by atoms with Crippen molar-refractivity contribution in [1.29, 1.82) is 0 Å². The number of aryl methyl sites for hydroxylation is 2. The van der Waals surface area contributed by atoms with E-state index in [1.165, 1.54) is 12.1 Å². The Kier molecular flexibility index (Phi) is 3.27. The number of carbonyl (C=O) groups is 1. The van der Waals surface area contributed by atoms with E-state index in [0.717, 1.165) is 11.3 Å². The summed E-state index contributed by atoms with van der Waals surface area (Å²) in [4.78, 5) is 12.1. The van der Waals surface area contributed by atoms with Crippen molar-refractivity contribution in [2.45, 2.75) is 39.7 Å². The minimum absolute atomic E-state index is 0.0641. The van der Waals surface area contributed by atoms with Crippen LogP contribution >= 0.6 is 0 Å². The van der Waals surface area contributed by atoms with Gasteiger partial charge in [-0.2, -0.15) is 0 Å². The van der Waals surface area contributed by atoms with Crippen LogP contribution in [0, 0.1) is 19.7 Å². The first kappa shape index (κ1) is 13.8. The van der Waals surface area contributed by atoms with Crippen LogP contribution in [0.2, 0.25) is 0 Å². The molecule has 0 spiro atoms. The van der Waals surface area contributed by atoms with Crippen molar-refractivity contribution < 1.29 is 18.4 Å². The Morgan fingerprint density at radius 2 is 2.19 bits per heavy atom. The van der Waals surface area contributed by atoms with Crippen LogP contribution in [-0.2, 0) is 6.61 Å². The first-order valence-electron chi connectivity index (χ1n) is 6.89. The van der Waals surface area contributed by atoms with Gasteiger partial charge in [0.25, 0.3) is 0 Å². The molecular formula is C16H16FNO3. The van der Waals surface area contributed by atoms with Gasteiger partial charge in [-0.3, -0.25) is 4.79 Å². The molecule has 0 N–H and O–H groups in total. The molecule has 0 unspecified atom stereocenters. The van der Waals surface area contributed by atoms with Gasteiger partial charge in [-0.1, -0.05) is 12.1 Å². The van der Waals surface area contributed by atoms with E-state index in [-0.39, 0.29) is 24.1 Å². The van der Waals surface area contributed by atoms with Crippen LogP contribution in [0.1, 0.15) is 52.2 Å². The summed E-state index contributed by atoms with van der Waals surface area (Å²) >= 11 is 0. The molecule has 0 fully saturated rings. The van der Waals surface area contributed by atoms with Gasteiger partial charge in [0.1, 0.15) is 23.9 Å². The first-order chi connectivity index (χ1) is 9.99. The minimum Gasteiger partial charge on any atom is -0.488 e. The van der Waals surface area contributed by atoms with Crippen molar-refractivity contribution >= 4 is 5.78 Å². The highest BCUT2D eigenvalue weighted by Gasteiger charge is 2.32. The number of fused-ring (bicyclic) bond motifs is 1. The fourth-order valence-corrected chi connectivity index (χ4v) is 2.80. The number of benzene rings is 1. The minimum atomic E-state index is -0.340. The van der Waals surface area contributed by atoms with E-state index in [4.69, 9.17) is 9.26 Å². The Balaban J connectivity index is 1.93. The first-order valence-corrected chi connectivity index (χ1v) is 6.89. The van der Waals surface area contributed by atoms with Gasteiger partial charge in [-0.05, 0) is 31.9 Å². The Morgan fingerprint density at radius 3 is 2.86 bits per heavy atom. The van der Waals surface area contributed by atoms with Crippen LogP contribution in [0.25, 0.3) is 0 Å². The van der Waals surface area contributed by atoms with Crippen LogP contribution in [0.3, 0.4) is 0 Å². The normalized spacial score (nSPS) is 17.1. The smallest absolute Gasteiger partial charge is 0.167 e. The second-order valence-corrected chi connectivity index (χ2v) is 5.45.